The molecule has 1 fully saturated rings. The summed E-state index contributed by atoms with van der Waals surface area (Å²) in [6.45, 7) is 2.45. The summed E-state index contributed by atoms with van der Waals surface area (Å²) in [5.74, 6) is -0.433. The Balaban J connectivity index is 1.43. The Labute approximate surface area is 172 Å². The predicted molar refractivity (Wildman–Crippen MR) is 112 cm³/mol. The Hall–Kier alpha value is -2.49. The van der Waals surface area contributed by atoms with E-state index in [9.17, 15) is 18.0 Å². The van der Waals surface area contributed by atoms with Gasteiger partial charge in [-0.1, -0.05) is 6.07 Å². The first-order valence-electron chi connectivity index (χ1n) is 9.23. The van der Waals surface area contributed by atoms with Gasteiger partial charge in [0.2, 0.25) is 5.91 Å². The maximum Gasteiger partial charge on any atom is 0.336 e. The Morgan fingerprint density at radius 3 is 2.66 bits per heavy atom. The van der Waals surface area contributed by atoms with Crippen molar-refractivity contribution < 1.29 is 17.6 Å². The van der Waals surface area contributed by atoms with Crippen molar-refractivity contribution in [3.8, 4) is 0 Å². The second kappa shape index (κ2) is 7.74. The van der Waals surface area contributed by atoms with Crippen LogP contribution in [0.4, 0.5) is 5.69 Å². The van der Waals surface area contributed by atoms with E-state index in [4.69, 9.17) is 4.42 Å². The normalized spacial score (nSPS) is 16.2. The highest BCUT2D eigenvalue weighted by molar-refractivity contribution is 7.91. The summed E-state index contributed by atoms with van der Waals surface area (Å²) in [4.78, 5) is 24.2. The number of aryl methyl sites for hydroxylation is 1. The van der Waals surface area contributed by atoms with Crippen molar-refractivity contribution in [2.75, 3.05) is 18.4 Å². The highest BCUT2D eigenvalue weighted by atomic mass is 32.2. The smallest absolute Gasteiger partial charge is 0.336 e. The molecule has 1 aromatic carbocycles. The molecule has 1 aliphatic rings. The quantitative estimate of drug-likeness (QED) is 0.639. The van der Waals surface area contributed by atoms with Crippen LogP contribution in [0.15, 0.2) is 55.2 Å². The lowest BCUT2D eigenvalue weighted by molar-refractivity contribution is -0.120. The van der Waals surface area contributed by atoms with E-state index in [1.165, 1.54) is 21.7 Å². The molecule has 0 bridgehead atoms. The highest BCUT2D eigenvalue weighted by Crippen LogP contribution is 2.27. The number of amides is 1. The molecule has 0 saturated carbocycles. The average Bonchev–Trinajstić information content (AvgIpc) is 3.23. The maximum absolute atomic E-state index is 12.7. The predicted octanol–water partition coefficient (Wildman–Crippen LogP) is 3.20. The van der Waals surface area contributed by atoms with Gasteiger partial charge in [-0.05, 0) is 48.9 Å². The number of sulfonamides is 1. The summed E-state index contributed by atoms with van der Waals surface area (Å²) in [6, 6.07) is 9.95. The van der Waals surface area contributed by atoms with Crippen LogP contribution in [0.3, 0.4) is 0 Å². The zero-order chi connectivity index (χ0) is 20.6. The molecule has 2 aromatic heterocycles. The highest BCUT2D eigenvalue weighted by Gasteiger charge is 2.32. The molecular formula is C20H20N2O5S2. The molecule has 1 aliphatic heterocycles. The molecule has 1 saturated heterocycles. The van der Waals surface area contributed by atoms with Gasteiger partial charge in [0.1, 0.15) is 9.79 Å². The number of hydrogen-bond acceptors (Lipinski definition) is 6. The van der Waals surface area contributed by atoms with Gasteiger partial charge in [-0.2, -0.15) is 4.31 Å². The minimum atomic E-state index is -3.48. The fourth-order valence-electron chi connectivity index (χ4n) is 3.54. The van der Waals surface area contributed by atoms with Crippen molar-refractivity contribution in [2.24, 2.45) is 5.92 Å². The minimum absolute atomic E-state index is 0.160. The first-order valence-corrected chi connectivity index (χ1v) is 11.6. The van der Waals surface area contributed by atoms with E-state index >= 15 is 0 Å². The molecule has 3 aromatic rings. The van der Waals surface area contributed by atoms with E-state index in [1.807, 2.05) is 6.92 Å². The fraction of sp³-hybridized carbons (Fsp3) is 0.300. The molecule has 29 heavy (non-hydrogen) atoms. The van der Waals surface area contributed by atoms with Gasteiger partial charge in [0, 0.05) is 42.2 Å². The molecule has 7 nitrogen and oxygen atoms in total. The van der Waals surface area contributed by atoms with E-state index in [-0.39, 0.29) is 11.8 Å². The molecule has 0 spiro atoms. The summed E-state index contributed by atoms with van der Waals surface area (Å²) in [5.41, 5.74) is 1.35. The third-order valence-corrected chi connectivity index (χ3v) is 8.40. The van der Waals surface area contributed by atoms with E-state index in [0.717, 1.165) is 10.9 Å². The van der Waals surface area contributed by atoms with Crippen molar-refractivity contribution in [1.29, 1.82) is 0 Å². The molecule has 0 unspecified atom stereocenters. The van der Waals surface area contributed by atoms with Crippen molar-refractivity contribution >= 4 is 43.9 Å². The van der Waals surface area contributed by atoms with Crippen LogP contribution < -0.4 is 10.9 Å². The number of benzene rings is 1. The van der Waals surface area contributed by atoms with Gasteiger partial charge in [0.25, 0.3) is 10.0 Å². The van der Waals surface area contributed by atoms with Crippen LogP contribution in [-0.4, -0.2) is 31.7 Å². The van der Waals surface area contributed by atoms with Crippen LogP contribution >= 0.6 is 11.3 Å². The first-order chi connectivity index (χ1) is 13.8. The number of nitrogens with one attached hydrogen (secondary N) is 1. The van der Waals surface area contributed by atoms with E-state index in [2.05, 4.69) is 5.32 Å². The third kappa shape index (κ3) is 3.98. The number of anilines is 1. The van der Waals surface area contributed by atoms with E-state index < -0.39 is 15.6 Å². The molecule has 4 rings (SSSR count). The SMILES string of the molecule is Cc1cc(=O)oc2cc(NC(=O)C3CCN(S(=O)(=O)c4cccs4)CC3)ccc12. The number of piperidine rings is 1. The van der Waals surface area contributed by atoms with Gasteiger partial charge in [0.05, 0.1) is 0 Å². The van der Waals surface area contributed by atoms with Gasteiger partial charge in [-0.3, -0.25) is 4.79 Å². The summed E-state index contributed by atoms with van der Waals surface area (Å²) < 4.78 is 32.2. The Bertz CT molecular complexity index is 1210. The number of rotatable bonds is 4. The lowest BCUT2D eigenvalue weighted by atomic mass is 9.97. The van der Waals surface area contributed by atoms with E-state index in [1.54, 1.807) is 35.7 Å². The number of thiophene rings is 1. The molecule has 1 N–H and O–H groups in total. The number of hydrogen-bond donors (Lipinski definition) is 1. The van der Waals surface area contributed by atoms with Gasteiger partial charge in [0.15, 0.2) is 0 Å². The van der Waals surface area contributed by atoms with E-state index in [0.29, 0.717) is 41.4 Å². The van der Waals surface area contributed by atoms with Crippen LogP contribution in [0.2, 0.25) is 0 Å². The third-order valence-electron chi connectivity index (χ3n) is 5.13. The summed E-state index contributed by atoms with van der Waals surface area (Å²) >= 11 is 1.20. The Kier molecular flexibility index (Phi) is 5.28. The first kappa shape index (κ1) is 19.8. The molecule has 152 valence electrons. The van der Waals surface area contributed by atoms with Crippen molar-refractivity contribution in [3.63, 3.8) is 0 Å². The summed E-state index contributed by atoms with van der Waals surface area (Å²) in [7, 11) is -3.48. The standard InChI is InChI=1S/C20H20N2O5S2/c1-13-11-18(23)27-17-12-15(4-5-16(13)17)21-20(24)14-6-8-22(9-7-14)29(25,26)19-3-2-10-28-19/h2-5,10-12,14H,6-9H2,1H3,(H,21,24). The Morgan fingerprint density at radius 2 is 1.97 bits per heavy atom. The van der Waals surface area contributed by atoms with Gasteiger partial charge in [-0.15, -0.1) is 11.3 Å². The van der Waals surface area contributed by atoms with Crippen molar-refractivity contribution in [1.82, 2.24) is 4.31 Å². The topological polar surface area (TPSA) is 96.7 Å². The minimum Gasteiger partial charge on any atom is -0.423 e. The number of nitrogens with zero attached hydrogens (tertiary/aromatic N) is 1. The molecule has 1 amide bonds. The second-order valence-corrected chi connectivity index (χ2v) is 10.2. The molecule has 9 heteroatoms. The molecule has 0 aliphatic carbocycles. The molecule has 0 atom stereocenters. The van der Waals surface area contributed by atoms with Crippen LogP contribution in [0.5, 0.6) is 0 Å². The largest absolute Gasteiger partial charge is 0.423 e. The monoisotopic (exact) mass is 432 g/mol. The number of fused-ring (bicyclic) bond motifs is 1. The zero-order valence-corrected chi connectivity index (χ0v) is 17.4. The lowest BCUT2D eigenvalue weighted by Crippen LogP contribution is -2.41. The molecular weight excluding hydrogens is 412 g/mol. The maximum atomic E-state index is 12.7. The van der Waals surface area contributed by atoms with Crippen molar-refractivity contribution in [2.45, 2.75) is 24.0 Å². The van der Waals surface area contributed by atoms with Crippen LogP contribution in [0, 0.1) is 12.8 Å². The van der Waals surface area contributed by atoms with Crippen LogP contribution in [-0.2, 0) is 14.8 Å². The van der Waals surface area contributed by atoms with Gasteiger partial charge < -0.3 is 9.73 Å². The molecule has 0 radical (unpaired) electrons. The Morgan fingerprint density at radius 1 is 1.21 bits per heavy atom. The average molecular weight is 433 g/mol. The van der Waals surface area contributed by atoms with Gasteiger partial charge >= 0.3 is 5.63 Å². The lowest BCUT2D eigenvalue weighted by Gasteiger charge is -2.30. The van der Waals surface area contributed by atoms with Gasteiger partial charge in [-0.25, -0.2) is 13.2 Å². The number of carbonyl (C=O) groups is 1. The molecule has 3 heterocycles. The zero-order valence-electron chi connectivity index (χ0n) is 15.8. The summed E-state index contributed by atoms with van der Waals surface area (Å²) in [5, 5.41) is 5.41. The fourth-order valence-corrected chi connectivity index (χ4v) is 6.16. The summed E-state index contributed by atoms with van der Waals surface area (Å²) in [6.07, 6.45) is 0.913. The van der Waals surface area contributed by atoms with Crippen LogP contribution in [0.25, 0.3) is 11.0 Å². The second-order valence-electron chi connectivity index (χ2n) is 7.06. The van der Waals surface area contributed by atoms with Crippen molar-refractivity contribution in [3.05, 3.63) is 57.8 Å². The number of carbonyl (C=O) groups excluding carboxylic acids is 1. The van der Waals surface area contributed by atoms with Crippen LogP contribution in [0.1, 0.15) is 18.4 Å².